The van der Waals surface area contributed by atoms with E-state index in [2.05, 4.69) is 9.62 Å². The molecule has 2 fully saturated rings. The number of hydrogen-bond acceptors (Lipinski definition) is 4. The highest BCUT2D eigenvalue weighted by Crippen LogP contribution is 2.35. The molecule has 2 saturated heterocycles. The number of nitrogens with zero attached hydrogens (tertiary/aromatic N) is 1. The van der Waals surface area contributed by atoms with Gasteiger partial charge < -0.3 is 5.11 Å². The molecule has 0 aromatic heterocycles. The number of aliphatic hydroxyl groups excluding tert-OH is 1. The lowest BCUT2D eigenvalue weighted by molar-refractivity contribution is 0.0648. The fraction of sp³-hybridized carbons (Fsp3) is 1.00. The standard InChI is InChI=1S/C11H22N2O3S/c1-17(15,16)12-7-11(14)8-13-9-3-2-4-10(13)6-5-9/h9-12,14H,2-8H2,1H3/t9-,10+,11-/m0/s1. The van der Waals surface area contributed by atoms with Crippen LogP contribution in [-0.4, -0.2) is 56.0 Å². The van der Waals surface area contributed by atoms with Gasteiger partial charge >= 0.3 is 0 Å². The number of hydrogen-bond donors (Lipinski definition) is 2. The van der Waals surface area contributed by atoms with E-state index in [1.807, 2.05) is 0 Å². The molecule has 2 bridgehead atoms. The summed E-state index contributed by atoms with van der Waals surface area (Å²) in [6, 6.07) is 1.23. The molecule has 2 N–H and O–H groups in total. The highest BCUT2D eigenvalue weighted by Gasteiger charge is 2.36. The highest BCUT2D eigenvalue weighted by molar-refractivity contribution is 7.88. The molecule has 0 amide bonds. The van der Waals surface area contributed by atoms with E-state index in [-0.39, 0.29) is 6.54 Å². The van der Waals surface area contributed by atoms with E-state index in [0.29, 0.717) is 18.6 Å². The van der Waals surface area contributed by atoms with Gasteiger partial charge in [-0.15, -0.1) is 0 Å². The largest absolute Gasteiger partial charge is 0.390 e. The van der Waals surface area contributed by atoms with Gasteiger partial charge in [-0.05, 0) is 25.7 Å². The Morgan fingerprint density at radius 1 is 1.29 bits per heavy atom. The maximum Gasteiger partial charge on any atom is 0.208 e. The number of aliphatic hydroxyl groups is 1. The Hall–Kier alpha value is -0.170. The van der Waals surface area contributed by atoms with Crippen LogP contribution < -0.4 is 4.72 Å². The molecule has 0 radical (unpaired) electrons. The summed E-state index contributed by atoms with van der Waals surface area (Å²) in [5, 5.41) is 9.86. The molecule has 2 rings (SSSR count). The SMILES string of the molecule is CS(=O)(=O)NC[C@H](O)CN1[C@@H]2CCC[C@H]1CC2. The Kier molecular flexibility index (Phi) is 4.07. The van der Waals surface area contributed by atoms with E-state index in [0.717, 1.165) is 6.26 Å². The van der Waals surface area contributed by atoms with Gasteiger partial charge in [0.2, 0.25) is 10.0 Å². The summed E-state index contributed by atoms with van der Waals surface area (Å²) >= 11 is 0. The molecule has 3 atom stereocenters. The van der Waals surface area contributed by atoms with Crippen molar-refractivity contribution in [3.63, 3.8) is 0 Å². The third kappa shape index (κ3) is 3.64. The summed E-state index contributed by atoms with van der Waals surface area (Å²) in [5.74, 6) is 0. The van der Waals surface area contributed by atoms with Crippen LogP contribution in [0.15, 0.2) is 0 Å². The van der Waals surface area contributed by atoms with Crippen LogP contribution in [0.2, 0.25) is 0 Å². The second-order valence-corrected chi connectivity index (χ2v) is 7.12. The molecule has 100 valence electrons. The van der Waals surface area contributed by atoms with Crippen LogP contribution >= 0.6 is 0 Å². The van der Waals surface area contributed by atoms with Crippen LogP contribution in [0.1, 0.15) is 32.1 Å². The lowest BCUT2D eigenvalue weighted by atomic mass is 10.0. The molecule has 0 saturated carbocycles. The van der Waals surface area contributed by atoms with E-state index >= 15 is 0 Å². The molecule has 2 heterocycles. The van der Waals surface area contributed by atoms with Gasteiger partial charge in [-0.3, -0.25) is 4.90 Å². The molecular weight excluding hydrogens is 240 g/mol. The topological polar surface area (TPSA) is 69.6 Å². The van der Waals surface area contributed by atoms with Crippen molar-refractivity contribution in [3.05, 3.63) is 0 Å². The highest BCUT2D eigenvalue weighted by atomic mass is 32.2. The van der Waals surface area contributed by atoms with Crippen molar-refractivity contribution in [2.45, 2.75) is 50.3 Å². The van der Waals surface area contributed by atoms with Gasteiger partial charge in [0.05, 0.1) is 12.4 Å². The summed E-state index contributed by atoms with van der Waals surface area (Å²) in [4.78, 5) is 2.37. The smallest absolute Gasteiger partial charge is 0.208 e. The van der Waals surface area contributed by atoms with Crippen molar-refractivity contribution in [2.24, 2.45) is 0 Å². The minimum atomic E-state index is -3.20. The number of nitrogens with one attached hydrogen (secondary N) is 1. The zero-order chi connectivity index (χ0) is 12.5. The summed E-state index contributed by atoms with van der Waals surface area (Å²) in [7, 11) is -3.20. The normalized spacial score (nSPS) is 31.6. The Bertz CT molecular complexity index is 342. The van der Waals surface area contributed by atoms with Crippen molar-refractivity contribution in [2.75, 3.05) is 19.3 Å². The quantitative estimate of drug-likeness (QED) is 0.727. The molecule has 6 heteroatoms. The molecule has 0 unspecified atom stereocenters. The first-order valence-corrected chi connectivity index (χ1v) is 8.23. The van der Waals surface area contributed by atoms with Gasteiger partial charge in [-0.25, -0.2) is 13.1 Å². The first kappa shape index (κ1) is 13.3. The zero-order valence-electron chi connectivity index (χ0n) is 10.3. The lowest BCUT2D eigenvalue weighted by Crippen LogP contribution is -2.46. The molecule has 17 heavy (non-hydrogen) atoms. The Morgan fingerprint density at radius 2 is 1.88 bits per heavy atom. The van der Waals surface area contributed by atoms with E-state index < -0.39 is 16.1 Å². The number of piperidine rings is 1. The van der Waals surface area contributed by atoms with Crippen LogP contribution in [0.25, 0.3) is 0 Å². The number of rotatable bonds is 5. The molecule has 0 aromatic carbocycles. The van der Waals surface area contributed by atoms with Crippen molar-refractivity contribution in [1.29, 1.82) is 0 Å². The molecule has 2 aliphatic heterocycles. The lowest BCUT2D eigenvalue weighted by Gasteiger charge is -2.35. The maximum absolute atomic E-state index is 10.9. The monoisotopic (exact) mass is 262 g/mol. The number of fused-ring (bicyclic) bond motifs is 2. The fourth-order valence-electron chi connectivity index (χ4n) is 3.08. The zero-order valence-corrected chi connectivity index (χ0v) is 11.1. The molecule has 0 aromatic rings. The minimum Gasteiger partial charge on any atom is -0.390 e. The molecule has 2 aliphatic rings. The minimum absolute atomic E-state index is 0.120. The van der Waals surface area contributed by atoms with E-state index in [4.69, 9.17) is 0 Å². The van der Waals surface area contributed by atoms with E-state index in [9.17, 15) is 13.5 Å². The van der Waals surface area contributed by atoms with Crippen molar-refractivity contribution >= 4 is 10.0 Å². The van der Waals surface area contributed by atoms with Gasteiger partial charge in [-0.2, -0.15) is 0 Å². The summed E-state index contributed by atoms with van der Waals surface area (Å²) < 4.78 is 24.2. The molecule has 0 spiro atoms. The fourth-order valence-corrected chi connectivity index (χ4v) is 3.57. The van der Waals surface area contributed by atoms with Gasteiger partial charge in [0, 0.05) is 25.2 Å². The van der Waals surface area contributed by atoms with E-state index in [1.165, 1.54) is 32.1 Å². The average Bonchev–Trinajstić information content (AvgIpc) is 2.49. The molecule has 0 aliphatic carbocycles. The van der Waals surface area contributed by atoms with Crippen molar-refractivity contribution in [3.8, 4) is 0 Å². The summed E-state index contributed by atoms with van der Waals surface area (Å²) in [6.45, 7) is 0.715. The number of sulfonamides is 1. The van der Waals surface area contributed by atoms with Crippen LogP contribution in [-0.2, 0) is 10.0 Å². The summed E-state index contributed by atoms with van der Waals surface area (Å²) in [6.07, 6.45) is 6.72. The first-order chi connectivity index (χ1) is 7.96. The maximum atomic E-state index is 10.9. The Labute approximate surface area is 103 Å². The third-order valence-electron chi connectivity index (χ3n) is 3.85. The van der Waals surface area contributed by atoms with E-state index in [1.54, 1.807) is 0 Å². The second kappa shape index (κ2) is 5.22. The average molecular weight is 262 g/mol. The summed E-state index contributed by atoms with van der Waals surface area (Å²) in [5.41, 5.74) is 0. The first-order valence-electron chi connectivity index (χ1n) is 6.34. The predicted molar refractivity (Wildman–Crippen MR) is 66.2 cm³/mol. The second-order valence-electron chi connectivity index (χ2n) is 5.29. The molecular formula is C11H22N2O3S. The van der Waals surface area contributed by atoms with Crippen molar-refractivity contribution < 1.29 is 13.5 Å². The predicted octanol–water partition coefficient (Wildman–Crippen LogP) is -0.0866. The van der Waals surface area contributed by atoms with Gasteiger partial charge in [0.1, 0.15) is 0 Å². The van der Waals surface area contributed by atoms with Gasteiger partial charge in [0.15, 0.2) is 0 Å². The third-order valence-corrected chi connectivity index (χ3v) is 4.54. The van der Waals surface area contributed by atoms with Crippen LogP contribution in [0.3, 0.4) is 0 Å². The van der Waals surface area contributed by atoms with Crippen LogP contribution in [0.5, 0.6) is 0 Å². The van der Waals surface area contributed by atoms with Gasteiger partial charge in [0.25, 0.3) is 0 Å². The Morgan fingerprint density at radius 3 is 2.41 bits per heavy atom. The van der Waals surface area contributed by atoms with Crippen LogP contribution in [0, 0.1) is 0 Å². The van der Waals surface area contributed by atoms with Crippen LogP contribution in [0.4, 0.5) is 0 Å². The molecule has 5 nitrogen and oxygen atoms in total. The van der Waals surface area contributed by atoms with Gasteiger partial charge in [-0.1, -0.05) is 6.42 Å². The van der Waals surface area contributed by atoms with Crippen molar-refractivity contribution in [1.82, 2.24) is 9.62 Å². The Balaban J connectivity index is 1.80.